The van der Waals surface area contributed by atoms with Crippen molar-refractivity contribution in [3.63, 3.8) is 0 Å². The van der Waals surface area contributed by atoms with E-state index in [0.717, 1.165) is 6.08 Å². The summed E-state index contributed by atoms with van der Waals surface area (Å²) >= 11 is 0. The lowest BCUT2D eigenvalue weighted by Crippen LogP contribution is -2.04. The van der Waals surface area contributed by atoms with E-state index in [1.807, 2.05) is 0 Å². The Balaban J connectivity index is 2.70. The first kappa shape index (κ1) is 7.18. The summed E-state index contributed by atoms with van der Waals surface area (Å²) in [4.78, 5) is 10.0. The molecule has 0 heterocycles. The first-order chi connectivity index (χ1) is 4.51. The summed E-state index contributed by atoms with van der Waals surface area (Å²) in [6.07, 6.45) is 0.985. The van der Waals surface area contributed by atoms with Crippen molar-refractivity contribution in [2.24, 2.45) is 11.8 Å². The average Bonchev–Trinajstić information content (AvgIpc) is 2.33. The molecule has 2 nitrogen and oxygen atoms in total. The molecule has 1 fully saturated rings. The van der Waals surface area contributed by atoms with Gasteiger partial charge in [-0.2, -0.15) is 0 Å². The first-order valence-corrected chi connectivity index (χ1v) is 2.75. The van der Waals surface area contributed by atoms with Crippen LogP contribution in [-0.2, 0) is 4.79 Å². The largest absolute Gasteiger partial charge is 0.481 e. The molecule has 0 saturated heterocycles. The fraction of sp³-hybridized carbons (Fsp3) is 0.500. The third-order valence-electron chi connectivity index (χ3n) is 1.63. The van der Waals surface area contributed by atoms with E-state index in [2.05, 4.69) is 6.58 Å². The second-order valence-electron chi connectivity index (χ2n) is 2.25. The van der Waals surface area contributed by atoms with Crippen molar-refractivity contribution in [1.82, 2.24) is 0 Å². The van der Waals surface area contributed by atoms with Gasteiger partial charge in [-0.05, 0) is 0 Å². The van der Waals surface area contributed by atoms with Crippen LogP contribution < -0.4 is 0 Å². The maximum atomic E-state index is 12.3. The Hall–Kier alpha value is -0.930. The van der Waals surface area contributed by atoms with E-state index in [1.165, 1.54) is 0 Å². The van der Waals surface area contributed by atoms with Crippen molar-refractivity contribution >= 4 is 5.97 Å². The molecule has 10 heavy (non-hydrogen) atoms. The minimum absolute atomic E-state index is 0.985. The van der Waals surface area contributed by atoms with Crippen LogP contribution in [0.1, 0.15) is 0 Å². The van der Waals surface area contributed by atoms with Gasteiger partial charge in [-0.1, -0.05) is 6.08 Å². The van der Waals surface area contributed by atoms with Gasteiger partial charge in [-0.25, -0.2) is 8.78 Å². The highest BCUT2D eigenvalue weighted by molar-refractivity contribution is 5.76. The lowest BCUT2D eigenvalue weighted by molar-refractivity contribution is -0.140. The van der Waals surface area contributed by atoms with Crippen molar-refractivity contribution in [3.05, 3.63) is 12.7 Å². The van der Waals surface area contributed by atoms with Gasteiger partial charge in [0.25, 0.3) is 5.92 Å². The Bertz CT molecular complexity index is 188. The zero-order chi connectivity index (χ0) is 7.94. The molecule has 4 heteroatoms. The van der Waals surface area contributed by atoms with Crippen LogP contribution in [-0.4, -0.2) is 17.0 Å². The lowest BCUT2D eigenvalue weighted by Gasteiger charge is -1.86. The number of carbonyl (C=O) groups is 1. The number of carboxylic acid groups (broad SMARTS) is 1. The average molecular weight is 148 g/mol. The fourth-order valence-corrected chi connectivity index (χ4v) is 0.962. The fourth-order valence-electron chi connectivity index (χ4n) is 0.962. The number of rotatable bonds is 2. The molecule has 0 aromatic carbocycles. The molecule has 2 atom stereocenters. The van der Waals surface area contributed by atoms with E-state index in [4.69, 9.17) is 5.11 Å². The minimum atomic E-state index is -3.06. The molecule has 56 valence electrons. The molecule has 1 rings (SSSR count). The molecule has 0 spiro atoms. The molecular formula is C6H6F2O2. The second kappa shape index (κ2) is 1.78. The van der Waals surface area contributed by atoms with Gasteiger partial charge in [-0.3, -0.25) is 4.79 Å². The third kappa shape index (κ3) is 0.716. The number of hydrogen-bond acceptors (Lipinski definition) is 1. The van der Waals surface area contributed by atoms with Gasteiger partial charge in [0.05, 0.1) is 5.92 Å². The number of allylic oxidation sites excluding steroid dienone is 1. The molecule has 1 aliphatic rings. The molecule has 2 unspecified atom stereocenters. The molecule has 0 aliphatic heterocycles. The molecule has 1 aliphatic carbocycles. The van der Waals surface area contributed by atoms with Crippen molar-refractivity contribution in [1.29, 1.82) is 0 Å². The van der Waals surface area contributed by atoms with Crippen LogP contribution in [0.4, 0.5) is 8.78 Å². The van der Waals surface area contributed by atoms with E-state index in [1.54, 1.807) is 0 Å². The van der Waals surface area contributed by atoms with Crippen LogP contribution in [0.15, 0.2) is 12.7 Å². The Morgan fingerprint density at radius 2 is 2.20 bits per heavy atom. The summed E-state index contributed by atoms with van der Waals surface area (Å²) in [5.41, 5.74) is 0. The van der Waals surface area contributed by atoms with Gasteiger partial charge in [0.15, 0.2) is 0 Å². The van der Waals surface area contributed by atoms with Gasteiger partial charge in [0.2, 0.25) is 0 Å². The van der Waals surface area contributed by atoms with E-state index in [9.17, 15) is 13.6 Å². The van der Waals surface area contributed by atoms with E-state index in [-0.39, 0.29) is 0 Å². The van der Waals surface area contributed by atoms with Crippen molar-refractivity contribution in [2.45, 2.75) is 5.92 Å². The first-order valence-electron chi connectivity index (χ1n) is 2.75. The third-order valence-corrected chi connectivity index (χ3v) is 1.63. The minimum Gasteiger partial charge on any atom is -0.481 e. The molecule has 0 amide bonds. The van der Waals surface area contributed by atoms with Crippen LogP contribution in [0.5, 0.6) is 0 Å². The lowest BCUT2D eigenvalue weighted by atomic mass is 10.3. The molecule has 1 N–H and O–H groups in total. The van der Waals surface area contributed by atoms with E-state index >= 15 is 0 Å². The topological polar surface area (TPSA) is 37.3 Å². The number of carboxylic acids is 1. The molecule has 0 radical (unpaired) electrons. The highest BCUT2D eigenvalue weighted by Gasteiger charge is 2.70. The van der Waals surface area contributed by atoms with Gasteiger partial charge in [0.1, 0.15) is 5.92 Å². The van der Waals surface area contributed by atoms with Crippen LogP contribution in [0.25, 0.3) is 0 Å². The van der Waals surface area contributed by atoms with Gasteiger partial charge in [-0.15, -0.1) is 6.58 Å². The summed E-state index contributed by atoms with van der Waals surface area (Å²) in [6, 6.07) is 0. The summed E-state index contributed by atoms with van der Waals surface area (Å²) in [5, 5.41) is 8.16. The van der Waals surface area contributed by atoms with Crippen LogP contribution >= 0.6 is 0 Å². The summed E-state index contributed by atoms with van der Waals surface area (Å²) in [7, 11) is 0. The van der Waals surface area contributed by atoms with Gasteiger partial charge < -0.3 is 5.11 Å². The van der Waals surface area contributed by atoms with Crippen LogP contribution in [0, 0.1) is 11.8 Å². The van der Waals surface area contributed by atoms with Crippen LogP contribution in [0.2, 0.25) is 0 Å². The zero-order valence-electron chi connectivity index (χ0n) is 5.05. The standard InChI is InChI=1S/C6H6F2O2/c1-2-3-4(5(9)10)6(3,7)8/h2-4H,1H2,(H,9,10). The van der Waals surface area contributed by atoms with Gasteiger partial charge >= 0.3 is 5.97 Å². The monoisotopic (exact) mass is 148 g/mol. The molecule has 0 aromatic rings. The Morgan fingerprint density at radius 1 is 1.70 bits per heavy atom. The Labute approximate surface area is 56.2 Å². The molecule has 0 bridgehead atoms. The quantitative estimate of drug-likeness (QED) is 0.596. The van der Waals surface area contributed by atoms with E-state index in [0.29, 0.717) is 0 Å². The summed E-state index contributed by atoms with van der Waals surface area (Å²) in [5.74, 6) is -7.21. The number of halogens is 2. The van der Waals surface area contributed by atoms with E-state index < -0.39 is 23.7 Å². The summed E-state index contributed by atoms with van der Waals surface area (Å²) < 4.78 is 24.5. The zero-order valence-corrected chi connectivity index (χ0v) is 5.05. The van der Waals surface area contributed by atoms with Crippen molar-refractivity contribution in [3.8, 4) is 0 Å². The molecule has 0 aromatic heterocycles. The van der Waals surface area contributed by atoms with Crippen molar-refractivity contribution < 1.29 is 18.7 Å². The highest BCUT2D eigenvalue weighted by Crippen LogP contribution is 2.55. The predicted molar refractivity (Wildman–Crippen MR) is 29.8 cm³/mol. The normalized spacial score (nSPS) is 35.0. The highest BCUT2D eigenvalue weighted by atomic mass is 19.3. The maximum Gasteiger partial charge on any atom is 0.313 e. The number of alkyl halides is 2. The maximum absolute atomic E-state index is 12.3. The number of hydrogen-bond donors (Lipinski definition) is 1. The number of aliphatic carboxylic acids is 1. The molecule has 1 saturated carbocycles. The summed E-state index contributed by atoms with van der Waals surface area (Å²) in [6.45, 7) is 3.11. The SMILES string of the molecule is C=CC1C(C(=O)O)C1(F)F. The predicted octanol–water partition coefficient (Wildman–Crippen LogP) is 1.14. The second-order valence-corrected chi connectivity index (χ2v) is 2.25. The molecular weight excluding hydrogens is 142 g/mol. The van der Waals surface area contributed by atoms with Crippen LogP contribution in [0.3, 0.4) is 0 Å². The van der Waals surface area contributed by atoms with Gasteiger partial charge in [0, 0.05) is 0 Å². The smallest absolute Gasteiger partial charge is 0.313 e. The Morgan fingerprint density at radius 3 is 2.30 bits per heavy atom. The van der Waals surface area contributed by atoms with Crippen molar-refractivity contribution in [2.75, 3.05) is 0 Å². The Kier molecular flexibility index (Phi) is 1.28.